The van der Waals surface area contributed by atoms with Gasteiger partial charge in [0.1, 0.15) is 11.5 Å². The molecule has 3 aromatic rings. The lowest BCUT2D eigenvalue weighted by molar-refractivity contribution is -0.138. The molecule has 1 saturated heterocycles. The molecule has 0 radical (unpaired) electrons. The largest absolute Gasteiger partial charge is 0.456 e. The highest BCUT2D eigenvalue weighted by Gasteiger charge is 2.54. The number of fused-ring (bicyclic) bond motifs is 6. The topological polar surface area (TPSA) is 128 Å². The minimum absolute atomic E-state index is 0.0806. The van der Waals surface area contributed by atoms with E-state index in [1.165, 1.54) is 41.8 Å². The van der Waals surface area contributed by atoms with E-state index in [2.05, 4.69) is 5.32 Å². The summed E-state index contributed by atoms with van der Waals surface area (Å²) in [5, 5.41) is 3.07. The molecule has 0 aliphatic carbocycles. The Balaban J connectivity index is 1.24. The Morgan fingerprint density at radius 2 is 1.74 bits per heavy atom. The van der Waals surface area contributed by atoms with Crippen LogP contribution >= 0.6 is 35.0 Å². The number of ether oxygens (including phenoxy) is 3. The fourth-order valence-electron chi connectivity index (χ4n) is 6.13. The van der Waals surface area contributed by atoms with Crippen molar-refractivity contribution >= 4 is 64.6 Å². The van der Waals surface area contributed by atoms with E-state index >= 15 is 0 Å². The third-order valence-electron chi connectivity index (χ3n) is 8.32. The van der Waals surface area contributed by atoms with Crippen LogP contribution in [0.4, 0.5) is 0 Å². The summed E-state index contributed by atoms with van der Waals surface area (Å²) in [6, 6.07) is 11.1. The SMILES string of the molecule is CCSC1CC(=O)N(CCCCNC(=O)c2ccc3c(c2)C(=O)OC32c3cc(Cl)c(C)cc3Oc3cc(OC(C)=O)c(Cl)cc32)C1=O. The molecule has 1 N–H and O–H groups in total. The van der Waals surface area contributed by atoms with Crippen molar-refractivity contribution in [3.05, 3.63) is 85.9 Å². The quantitative estimate of drug-likeness (QED) is 0.121. The van der Waals surface area contributed by atoms with Crippen molar-refractivity contribution < 1.29 is 38.2 Å². The molecule has 2 atom stereocenters. The molecule has 47 heavy (non-hydrogen) atoms. The molecule has 3 aliphatic heterocycles. The van der Waals surface area contributed by atoms with Gasteiger partial charge in [0.2, 0.25) is 11.8 Å². The third kappa shape index (κ3) is 5.85. The smallest absolute Gasteiger partial charge is 0.340 e. The zero-order valence-electron chi connectivity index (χ0n) is 25.7. The molecule has 3 aliphatic rings. The summed E-state index contributed by atoms with van der Waals surface area (Å²) in [6.07, 6.45) is 1.33. The molecular weight excluding hydrogens is 667 g/mol. The number of esters is 2. The van der Waals surface area contributed by atoms with E-state index in [1.807, 2.05) is 13.8 Å². The van der Waals surface area contributed by atoms with E-state index in [-0.39, 0.29) is 51.1 Å². The third-order valence-corrected chi connectivity index (χ3v) is 10.1. The minimum atomic E-state index is -1.51. The standard InChI is InChI=1S/C34H30Cl2N2O8S/c1-4-47-29-16-30(40)38(32(29)42)10-6-5-9-37-31(41)19-7-8-21-20(12-19)33(43)46-34(21)22-13-24(35)17(2)11-26(22)45-27-15-28(44-18(3)39)25(36)14-23(27)34/h7-8,11-15,29H,4-6,9-10,16H2,1-3H3,(H,37,41). The fourth-order valence-corrected chi connectivity index (χ4v) is 7.43. The number of hydrogen-bond acceptors (Lipinski definition) is 9. The summed E-state index contributed by atoms with van der Waals surface area (Å²) in [5.41, 5.74) is 0.965. The van der Waals surface area contributed by atoms with Crippen LogP contribution in [0.25, 0.3) is 0 Å². The van der Waals surface area contributed by atoms with Crippen LogP contribution in [0.15, 0.2) is 42.5 Å². The average molecular weight is 698 g/mol. The van der Waals surface area contributed by atoms with Crippen LogP contribution in [0.1, 0.15) is 76.1 Å². The second-order valence-corrected chi connectivity index (χ2v) is 13.7. The molecule has 10 nitrogen and oxygen atoms in total. The van der Waals surface area contributed by atoms with Crippen LogP contribution in [-0.4, -0.2) is 58.7 Å². The van der Waals surface area contributed by atoms with Gasteiger partial charge in [-0.2, -0.15) is 0 Å². The molecule has 1 spiro atoms. The zero-order chi connectivity index (χ0) is 33.6. The van der Waals surface area contributed by atoms with Crippen LogP contribution in [0.3, 0.4) is 0 Å². The van der Waals surface area contributed by atoms with Gasteiger partial charge in [-0.25, -0.2) is 4.79 Å². The number of rotatable bonds is 9. The number of hydrogen-bond donors (Lipinski definition) is 1. The van der Waals surface area contributed by atoms with E-state index in [0.29, 0.717) is 53.4 Å². The summed E-state index contributed by atoms with van der Waals surface area (Å²) < 4.78 is 17.7. The van der Waals surface area contributed by atoms with Crippen molar-refractivity contribution in [1.82, 2.24) is 10.2 Å². The van der Waals surface area contributed by atoms with Gasteiger partial charge in [-0.3, -0.25) is 24.1 Å². The van der Waals surface area contributed by atoms with Gasteiger partial charge in [-0.1, -0.05) is 36.2 Å². The van der Waals surface area contributed by atoms with Gasteiger partial charge in [0.25, 0.3) is 5.91 Å². The van der Waals surface area contributed by atoms with Crippen molar-refractivity contribution in [2.24, 2.45) is 0 Å². The summed E-state index contributed by atoms with van der Waals surface area (Å²) in [7, 11) is 0. The molecule has 3 aromatic carbocycles. The van der Waals surface area contributed by atoms with Crippen LogP contribution in [0.5, 0.6) is 17.2 Å². The van der Waals surface area contributed by atoms with Crippen LogP contribution in [0, 0.1) is 6.92 Å². The minimum Gasteiger partial charge on any atom is -0.456 e. The second kappa shape index (κ2) is 12.9. The molecular formula is C34H30Cl2N2O8S. The summed E-state index contributed by atoms with van der Waals surface area (Å²) in [6.45, 7) is 5.64. The number of thioether (sulfide) groups is 1. The van der Waals surface area contributed by atoms with Gasteiger partial charge in [-0.05, 0) is 61.4 Å². The summed E-state index contributed by atoms with van der Waals surface area (Å²) >= 11 is 14.6. The molecule has 0 saturated carbocycles. The molecule has 2 unspecified atom stereocenters. The number of carbonyl (C=O) groups excluding carboxylic acids is 5. The monoisotopic (exact) mass is 696 g/mol. The Morgan fingerprint density at radius 1 is 1.02 bits per heavy atom. The van der Waals surface area contributed by atoms with Gasteiger partial charge >= 0.3 is 11.9 Å². The van der Waals surface area contributed by atoms with E-state index in [0.717, 1.165) is 11.3 Å². The average Bonchev–Trinajstić information content (AvgIpc) is 3.46. The first-order valence-corrected chi connectivity index (χ1v) is 16.9. The van der Waals surface area contributed by atoms with Gasteiger partial charge in [0.15, 0.2) is 11.4 Å². The number of halogens is 2. The Bertz CT molecular complexity index is 1860. The number of benzene rings is 3. The number of unbranched alkanes of at least 4 members (excludes halogenated alkanes) is 1. The highest BCUT2D eigenvalue weighted by atomic mass is 35.5. The van der Waals surface area contributed by atoms with Gasteiger partial charge in [0, 0.05) is 59.8 Å². The fraction of sp³-hybridized carbons (Fsp3) is 0.324. The molecule has 0 bridgehead atoms. The van der Waals surface area contributed by atoms with Crippen LogP contribution in [-0.2, 0) is 24.7 Å². The van der Waals surface area contributed by atoms with E-state index < -0.39 is 23.4 Å². The highest BCUT2D eigenvalue weighted by Crippen LogP contribution is 2.58. The van der Waals surface area contributed by atoms with Gasteiger partial charge < -0.3 is 19.5 Å². The van der Waals surface area contributed by atoms with Crippen molar-refractivity contribution in [1.29, 1.82) is 0 Å². The van der Waals surface area contributed by atoms with E-state index in [4.69, 9.17) is 37.4 Å². The van der Waals surface area contributed by atoms with E-state index in [9.17, 15) is 24.0 Å². The number of carbonyl (C=O) groups is 5. The lowest BCUT2D eigenvalue weighted by Gasteiger charge is -2.37. The normalized spacial score (nSPS) is 19.2. The van der Waals surface area contributed by atoms with Gasteiger partial charge in [0.05, 0.1) is 15.8 Å². The maximum Gasteiger partial charge on any atom is 0.340 e. The molecule has 6 rings (SSSR count). The van der Waals surface area contributed by atoms with Crippen molar-refractivity contribution in [3.63, 3.8) is 0 Å². The van der Waals surface area contributed by atoms with Crippen LogP contribution in [0.2, 0.25) is 10.0 Å². The predicted octanol–water partition coefficient (Wildman–Crippen LogP) is 6.19. The number of amides is 3. The summed E-state index contributed by atoms with van der Waals surface area (Å²) in [5.74, 6) is -0.438. The molecule has 1 fully saturated rings. The number of nitrogens with zero attached hydrogens (tertiary/aromatic N) is 1. The lowest BCUT2D eigenvalue weighted by atomic mass is 9.77. The molecule has 3 heterocycles. The zero-order valence-corrected chi connectivity index (χ0v) is 28.1. The predicted molar refractivity (Wildman–Crippen MR) is 176 cm³/mol. The number of likely N-dealkylation sites (tertiary alicyclic amines) is 1. The van der Waals surface area contributed by atoms with Crippen molar-refractivity contribution in [2.45, 2.75) is 50.9 Å². The van der Waals surface area contributed by atoms with E-state index in [1.54, 1.807) is 24.3 Å². The first-order valence-electron chi connectivity index (χ1n) is 15.1. The Kier molecular flexibility index (Phi) is 8.99. The Labute approximate surface area is 285 Å². The van der Waals surface area contributed by atoms with Crippen LogP contribution < -0.4 is 14.8 Å². The second-order valence-electron chi connectivity index (χ2n) is 11.4. The first-order chi connectivity index (χ1) is 22.4. The highest BCUT2D eigenvalue weighted by molar-refractivity contribution is 8.00. The molecule has 3 amide bonds. The Morgan fingerprint density at radius 3 is 2.47 bits per heavy atom. The number of imide groups is 1. The summed E-state index contributed by atoms with van der Waals surface area (Å²) in [4.78, 5) is 64.4. The first kappa shape index (κ1) is 32.9. The maximum atomic E-state index is 13.5. The van der Waals surface area contributed by atoms with Gasteiger partial charge in [-0.15, -0.1) is 11.8 Å². The molecule has 244 valence electrons. The molecule has 0 aromatic heterocycles. The number of aryl methyl sites for hydroxylation is 1. The maximum absolute atomic E-state index is 13.5. The number of nitrogens with one attached hydrogen (secondary N) is 1. The van der Waals surface area contributed by atoms with Crippen molar-refractivity contribution in [3.8, 4) is 17.2 Å². The Hall–Kier alpha value is -4.06. The lowest BCUT2D eigenvalue weighted by Crippen LogP contribution is -2.33. The molecule has 13 heteroatoms. The van der Waals surface area contributed by atoms with Crippen molar-refractivity contribution in [2.75, 3.05) is 18.8 Å².